The topological polar surface area (TPSA) is 29.0 Å². The molecule has 13 heavy (non-hydrogen) atoms. The maximum absolute atomic E-state index is 4.35. The summed E-state index contributed by atoms with van der Waals surface area (Å²) in [6, 6.07) is 0. The molecule has 3 heteroatoms. The van der Waals surface area contributed by atoms with Crippen LogP contribution in [-0.2, 0) is 13.1 Å². The van der Waals surface area contributed by atoms with Crippen LogP contribution in [0.3, 0.4) is 0 Å². The summed E-state index contributed by atoms with van der Waals surface area (Å²) in [5.41, 5.74) is 2.47. The molecule has 0 unspecified atom stereocenters. The lowest BCUT2D eigenvalue weighted by molar-refractivity contribution is 0.351. The molecule has 72 valence electrons. The zero-order valence-corrected chi connectivity index (χ0v) is 8.83. The fraction of sp³-hybridized carbons (Fsp3) is 0.600. The highest BCUT2D eigenvalue weighted by Crippen LogP contribution is 2.17. The number of aryl methyl sites for hydroxylation is 1. The Bertz CT molecular complexity index is 283. The van der Waals surface area contributed by atoms with Crippen LogP contribution in [0.4, 0.5) is 0 Å². The van der Waals surface area contributed by atoms with E-state index in [1.54, 1.807) is 0 Å². The van der Waals surface area contributed by atoms with Gasteiger partial charge in [0.2, 0.25) is 0 Å². The van der Waals surface area contributed by atoms with E-state index >= 15 is 0 Å². The summed E-state index contributed by atoms with van der Waals surface area (Å²) in [7, 11) is 2.09. The van der Waals surface area contributed by atoms with Gasteiger partial charge in [-0.3, -0.25) is 4.90 Å². The third-order valence-corrected chi connectivity index (χ3v) is 1.93. The van der Waals surface area contributed by atoms with E-state index in [-0.39, 0.29) is 0 Å². The first-order chi connectivity index (χ1) is 6.25. The first-order valence-corrected chi connectivity index (χ1v) is 4.75. The Morgan fingerprint density at radius 2 is 2.00 bits per heavy atom. The van der Waals surface area contributed by atoms with Gasteiger partial charge in [-0.05, 0) is 14.0 Å². The maximum atomic E-state index is 4.35. The molecule has 0 N–H and O–H groups in total. The van der Waals surface area contributed by atoms with Crippen molar-refractivity contribution in [3.63, 3.8) is 0 Å². The molecular formula is C10H17N3. The molecule has 0 aromatic carbocycles. The SMILES string of the molecule is CC.Cc1ncc2c(n1)CN(C)C2. The van der Waals surface area contributed by atoms with Crippen LogP contribution < -0.4 is 0 Å². The van der Waals surface area contributed by atoms with E-state index in [0.717, 1.165) is 18.9 Å². The molecule has 2 heterocycles. The molecule has 1 aromatic rings. The summed E-state index contributed by atoms with van der Waals surface area (Å²) in [5.74, 6) is 0.874. The van der Waals surface area contributed by atoms with Crippen LogP contribution >= 0.6 is 0 Å². The first kappa shape index (κ1) is 10.1. The van der Waals surface area contributed by atoms with E-state index in [1.807, 2.05) is 27.0 Å². The number of nitrogens with zero attached hydrogens (tertiary/aromatic N) is 3. The second kappa shape index (κ2) is 4.33. The molecule has 0 spiro atoms. The molecule has 0 aliphatic carbocycles. The maximum Gasteiger partial charge on any atom is 0.125 e. The van der Waals surface area contributed by atoms with Gasteiger partial charge in [-0.15, -0.1) is 0 Å². The third-order valence-electron chi connectivity index (χ3n) is 1.93. The summed E-state index contributed by atoms with van der Waals surface area (Å²) in [6.07, 6.45) is 1.93. The molecule has 0 saturated heterocycles. The second-order valence-corrected chi connectivity index (χ2v) is 3.06. The van der Waals surface area contributed by atoms with E-state index in [2.05, 4.69) is 21.9 Å². The Hall–Kier alpha value is -0.960. The minimum absolute atomic E-state index is 0.874. The van der Waals surface area contributed by atoms with Crippen molar-refractivity contribution in [1.82, 2.24) is 14.9 Å². The molecule has 3 nitrogen and oxygen atoms in total. The lowest BCUT2D eigenvalue weighted by Gasteiger charge is -2.01. The normalized spacial score (nSPS) is 14.8. The third kappa shape index (κ3) is 2.25. The van der Waals surface area contributed by atoms with Crippen LogP contribution in [0.1, 0.15) is 30.9 Å². The molecule has 0 amide bonds. The van der Waals surface area contributed by atoms with Crippen LogP contribution in [0, 0.1) is 6.92 Å². The molecule has 1 aromatic heterocycles. The molecule has 2 rings (SSSR count). The Labute approximate surface area is 79.8 Å². The smallest absolute Gasteiger partial charge is 0.125 e. The van der Waals surface area contributed by atoms with Crippen molar-refractivity contribution in [2.45, 2.75) is 33.9 Å². The van der Waals surface area contributed by atoms with Gasteiger partial charge in [0.25, 0.3) is 0 Å². The van der Waals surface area contributed by atoms with E-state index in [1.165, 1.54) is 11.3 Å². The van der Waals surface area contributed by atoms with Gasteiger partial charge in [0, 0.05) is 24.8 Å². The molecule has 0 bridgehead atoms. The van der Waals surface area contributed by atoms with Crippen LogP contribution in [0.2, 0.25) is 0 Å². The van der Waals surface area contributed by atoms with Crippen LogP contribution in [0.25, 0.3) is 0 Å². The lowest BCUT2D eigenvalue weighted by atomic mass is 10.3. The van der Waals surface area contributed by atoms with Crippen LogP contribution in [-0.4, -0.2) is 21.9 Å². The quantitative estimate of drug-likeness (QED) is 0.607. The first-order valence-electron chi connectivity index (χ1n) is 4.75. The zero-order chi connectivity index (χ0) is 9.84. The standard InChI is InChI=1S/C8H11N3.C2H6/c1-6-9-3-7-4-11(2)5-8(7)10-6;1-2/h3H,4-5H2,1-2H3;1-2H3. The largest absolute Gasteiger partial charge is 0.296 e. The molecule has 0 saturated carbocycles. The van der Waals surface area contributed by atoms with Gasteiger partial charge in [0.05, 0.1) is 5.69 Å². The molecule has 1 aliphatic heterocycles. The summed E-state index contributed by atoms with van der Waals surface area (Å²) in [6.45, 7) is 7.90. The highest BCUT2D eigenvalue weighted by Gasteiger charge is 2.16. The molecule has 0 atom stereocenters. The van der Waals surface area contributed by atoms with Gasteiger partial charge >= 0.3 is 0 Å². The summed E-state index contributed by atoms with van der Waals surface area (Å²) >= 11 is 0. The van der Waals surface area contributed by atoms with E-state index in [0.29, 0.717) is 0 Å². The van der Waals surface area contributed by atoms with Crippen molar-refractivity contribution in [3.8, 4) is 0 Å². The van der Waals surface area contributed by atoms with Crippen molar-refractivity contribution < 1.29 is 0 Å². The predicted molar refractivity (Wildman–Crippen MR) is 53.3 cm³/mol. The van der Waals surface area contributed by atoms with E-state index in [9.17, 15) is 0 Å². The molecule has 0 fully saturated rings. The minimum Gasteiger partial charge on any atom is -0.296 e. The monoisotopic (exact) mass is 179 g/mol. The van der Waals surface area contributed by atoms with Gasteiger partial charge in [0.1, 0.15) is 5.82 Å². The highest BCUT2D eigenvalue weighted by molar-refractivity contribution is 5.21. The molecule has 1 aliphatic rings. The summed E-state index contributed by atoms with van der Waals surface area (Å²) in [4.78, 5) is 10.7. The van der Waals surface area contributed by atoms with Gasteiger partial charge in [0.15, 0.2) is 0 Å². The minimum atomic E-state index is 0.874. The van der Waals surface area contributed by atoms with Crippen molar-refractivity contribution >= 4 is 0 Å². The zero-order valence-electron chi connectivity index (χ0n) is 8.83. The summed E-state index contributed by atoms with van der Waals surface area (Å²) in [5, 5.41) is 0. The molecular weight excluding hydrogens is 162 g/mol. The lowest BCUT2D eigenvalue weighted by Crippen LogP contribution is -2.07. The Morgan fingerprint density at radius 3 is 2.69 bits per heavy atom. The van der Waals surface area contributed by atoms with Crippen molar-refractivity contribution in [2.75, 3.05) is 7.05 Å². The van der Waals surface area contributed by atoms with E-state index in [4.69, 9.17) is 0 Å². The fourth-order valence-corrected chi connectivity index (χ4v) is 1.41. The van der Waals surface area contributed by atoms with Crippen molar-refractivity contribution in [2.24, 2.45) is 0 Å². The number of fused-ring (bicyclic) bond motifs is 1. The predicted octanol–water partition coefficient (Wildman–Crippen LogP) is 1.76. The Kier molecular flexibility index (Phi) is 3.37. The van der Waals surface area contributed by atoms with Crippen LogP contribution in [0.15, 0.2) is 6.20 Å². The summed E-state index contributed by atoms with van der Waals surface area (Å²) < 4.78 is 0. The Morgan fingerprint density at radius 1 is 1.31 bits per heavy atom. The van der Waals surface area contributed by atoms with Gasteiger partial charge < -0.3 is 0 Å². The van der Waals surface area contributed by atoms with Crippen LogP contribution in [0.5, 0.6) is 0 Å². The number of hydrogen-bond acceptors (Lipinski definition) is 3. The molecule has 0 radical (unpaired) electrons. The number of rotatable bonds is 0. The van der Waals surface area contributed by atoms with Crippen molar-refractivity contribution in [1.29, 1.82) is 0 Å². The van der Waals surface area contributed by atoms with Gasteiger partial charge in [-0.25, -0.2) is 9.97 Å². The van der Waals surface area contributed by atoms with Gasteiger partial charge in [-0.2, -0.15) is 0 Å². The number of hydrogen-bond donors (Lipinski definition) is 0. The Balaban J connectivity index is 0.000000396. The van der Waals surface area contributed by atoms with E-state index < -0.39 is 0 Å². The van der Waals surface area contributed by atoms with Gasteiger partial charge in [-0.1, -0.05) is 13.8 Å². The number of aromatic nitrogens is 2. The highest BCUT2D eigenvalue weighted by atomic mass is 15.1. The second-order valence-electron chi connectivity index (χ2n) is 3.06. The fourth-order valence-electron chi connectivity index (χ4n) is 1.41. The average Bonchev–Trinajstić information content (AvgIpc) is 2.48. The van der Waals surface area contributed by atoms with Crippen molar-refractivity contribution in [3.05, 3.63) is 23.3 Å². The average molecular weight is 179 g/mol.